The third-order valence-corrected chi connectivity index (χ3v) is 5.54. The Balaban J connectivity index is 2.20. The summed E-state index contributed by atoms with van der Waals surface area (Å²) in [6.07, 6.45) is 0. The van der Waals surface area contributed by atoms with Gasteiger partial charge in [0.25, 0.3) is 14.4 Å². The zero-order chi connectivity index (χ0) is 18.7. The Bertz CT molecular complexity index is 856. The highest BCUT2D eigenvalue weighted by Crippen LogP contribution is 2.28. The van der Waals surface area contributed by atoms with E-state index in [9.17, 15) is 13.2 Å². The van der Waals surface area contributed by atoms with Crippen LogP contribution in [0.4, 0.5) is 10.8 Å². The lowest BCUT2D eigenvalue weighted by Crippen LogP contribution is -2.27. The lowest BCUT2D eigenvalue weighted by Gasteiger charge is -2.15. The van der Waals surface area contributed by atoms with E-state index in [2.05, 4.69) is 20.2 Å². The van der Waals surface area contributed by atoms with Gasteiger partial charge in [-0.15, -0.1) is 10.2 Å². The van der Waals surface area contributed by atoms with Gasteiger partial charge in [-0.05, 0) is 19.1 Å². The van der Waals surface area contributed by atoms with Crippen LogP contribution in [0.3, 0.4) is 0 Å². The predicted molar refractivity (Wildman–Crippen MR) is 96.4 cm³/mol. The standard InChI is InChI=1S/C15H20N4O4S2/c1-5-23-11-9-7-6-8-10(11)19-25(21,22)14-18-17-13(24-14)16-12(20)15(2,3)4/h6-9,19H,5H2,1-4H3,(H,16,17,20). The summed E-state index contributed by atoms with van der Waals surface area (Å²) in [7, 11) is -3.94. The van der Waals surface area contributed by atoms with Crippen LogP contribution in [0, 0.1) is 5.41 Å². The summed E-state index contributed by atoms with van der Waals surface area (Å²) in [4.78, 5) is 11.9. The fourth-order valence-electron chi connectivity index (χ4n) is 1.67. The molecule has 2 rings (SSSR count). The summed E-state index contributed by atoms with van der Waals surface area (Å²) in [5, 5.41) is 10.1. The number of nitrogens with zero attached hydrogens (tertiary/aromatic N) is 2. The number of anilines is 2. The minimum Gasteiger partial charge on any atom is -0.492 e. The van der Waals surface area contributed by atoms with Crippen molar-refractivity contribution in [2.24, 2.45) is 5.41 Å². The largest absolute Gasteiger partial charge is 0.492 e. The number of aromatic nitrogens is 2. The van der Waals surface area contributed by atoms with Crippen LogP contribution in [0.15, 0.2) is 28.6 Å². The van der Waals surface area contributed by atoms with Crippen molar-refractivity contribution in [3.8, 4) is 5.75 Å². The molecular weight excluding hydrogens is 364 g/mol. The number of carbonyl (C=O) groups is 1. The van der Waals surface area contributed by atoms with E-state index in [0.29, 0.717) is 18.0 Å². The van der Waals surface area contributed by atoms with Gasteiger partial charge in [0.15, 0.2) is 0 Å². The minimum atomic E-state index is -3.94. The highest BCUT2D eigenvalue weighted by atomic mass is 32.2. The molecule has 25 heavy (non-hydrogen) atoms. The molecule has 0 bridgehead atoms. The third kappa shape index (κ3) is 4.89. The molecule has 1 aromatic carbocycles. The van der Waals surface area contributed by atoms with Gasteiger partial charge in [-0.2, -0.15) is 8.42 Å². The number of amides is 1. The molecule has 0 unspecified atom stereocenters. The summed E-state index contributed by atoms with van der Waals surface area (Å²) < 4.78 is 32.5. The van der Waals surface area contributed by atoms with Gasteiger partial charge in [-0.1, -0.05) is 44.2 Å². The molecule has 2 N–H and O–H groups in total. The van der Waals surface area contributed by atoms with Gasteiger partial charge < -0.3 is 10.1 Å². The van der Waals surface area contributed by atoms with E-state index in [1.54, 1.807) is 52.0 Å². The Kier molecular flexibility index (Phi) is 5.63. The highest BCUT2D eigenvalue weighted by Gasteiger charge is 2.25. The van der Waals surface area contributed by atoms with Gasteiger partial charge in [-0.3, -0.25) is 9.52 Å². The molecule has 8 nitrogen and oxygen atoms in total. The molecule has 0 atom stereocenters. The Hall–Kier alpha value is -2.20. The first-order chi connectivity index (χ1) is 11.6. The average Bonchev–Trinajstić information content (AvgIpc) is 2.98. The monoisotopic (exact) mass is 384 g/mol. The second kappa shape index (κ2) is 7.36. The lowest BCUT2D eigenvalue weighted by molar-refractivity contribution is -0.123. The first-order valence-electron chi connectivity index (χ1n) is 7.53. The Labute approximate surface area is 150 Å². The van der Waals surface area contributed by atoms with Crippen molar-refractivity contribution >= 4 is 38.1 Å². The van der Waals surface area contributed by atoms with Gasteiger partial charge in [0.2, 0.25) is 11.0 Å². The molecule has 0 saturated heterocycles. The topological polar surface area (TPSA) is 110 Å². The first-order valence-corrected chi connectivity index (χ1v) is 9.83. The number of carbonyl (C=O) groups excluding carboxylic acids is 1. The second-order valence-corrected chi connectivity index (χ2v) is 8.95. The molecule has 2 aromatic rings. The number of hydrogen-bond acceptors (Lipinski definition) is 7. The number of hydrogen-bond donors (Lipinski definition) is 2. The average molecular weight is 384 g/mol. The van der Waals surface area contributed by atoms with Crippen LogP contribution in [-0.2, 0) is 14.8 Å². The zero-order valence-corrected chi connectivity index (χ0v) is 16.0. The predicted octanol–water partition coefficient (Wildman–Crippen LogP) is 2.72. The molecule has 1 amide bonds. The number of nitrogens with one attached hydrogen (secondary N) is 2. The first kappa shape index (κ1) is 19.1. The van der Waals surface area contributed by atoms with Gasteiger partial charge in [0.05, 0.1) is 12.3 Å². The van der Waals surface area contributed by atoms with Gasteiger partial charge in [0.1, 0.15) is 5.75 Å². The maximum absolute atomic E-state index is 12.5. The smallest absolute Gasteiger partial charge is 0.291 e. The third-order valence-electron chi connectivity index (χ3n) is 2.97. The van der Waals surface area contributed by atoms with Gasteiger partial charge in [0, 0.05) is 5.41 Å². The number of para-hydroxylation sites is 2. The number of ether oxygens (including phenoxy) is 1. The Morgan fingerprint density at radius 3 is 2.56 bits per heavy atom. The van der Waals surface area contributed by atoms with Crippen LogP contribution in [0.1, 0.15) is 27.7 Å². The normalized spacial score (nSPS) is 11.8. The Morgan fingerprint density at radius 1 is 1.24 bits per heavy atom. The van der Waals surface area contributed by atoms with E-state index in [1.807, 2.05) is 0 Å². The molecule has 0 saturated carbocycles. The molecule has 10 heteroatoms. The molecule has 0 spiro atoms. The van der Waals surface area contributed by atoms with Crippen molar-refractivity contribution in [2.45, 2.75) is 32.0 Å². The SMILES string of the molecule is CCOc1ccccc1NS(=O)(=O)c1nnc(NC(=O)C(C)(C)C)s1. The van der Waals surface area contributed by atoms with Crippen LogP contribution in [0.2, 0.25) is 0 Å². The summed E-state index contributed by atoms with van der Waals surface area (Å²) in [6.45, 7) is 7.44. The molecule has 0 aliphatic heterocycles. The van der Waals surface area contributed by atoms with E-state index < -0.39 is 15.4 Å². The van der Waals surface area contributed by atoms with Crippen molar-refractivity contribution in [2.75, 3.05) is 16.6 Å². The lowest BCUT2D eigenvalue weighted by atomic mass is 9.96. The molecular formula is C15H20N4O4S2. The number of sulfonamides is 1. The maximum atomic E-state index is 12.5. The zero-order valence-electron chi connectivity index (χ0n) is 14.4. The maximum Gasteiger partial charge on any atom is 0.291 e. The fourth-order valence-corrected chi connectivity index (χ4v) is 3.64. The molecule has 136 valence electrons. The molecule has 0 radical (unpaired) electrons. The molecule has 0 aliphatic rings. The summed E-state index contributed by atoms with van der Waals surface area (Å²) in [5.41, 5.74) is -0.320. The quantitative estimate of drug-likeness (QED) is 0.741. The molecule has 1 aromatic heterocycles. The second-order valence-electron chi connectivity index (χ2n) is 6.11. The van der Waals surface area contributed by atoms with Crippen molar-refractivity contribution in [1.82, 2.24) is 10.2 Å². The van der Waals surface area contributed by atoms with Crippen LogP contribution < -0.4 is 14.8 Å². The number of rotatable bonds is 6. The molecule has 1 heterocycles. The highest BCUT2D eigenvalue weighted by molar-refractivity contribution is 7.94. The summed E-state index contributed by atoms with van der Waals surface area (Å²) >= 11 is 0.777. The van der Waals surface area contributed by atoms with Crippen LogP contribution in [0.5, 0.6) is 5.75 Å². The van der Waals surface area contributed by atoms with Crippen LogP contribution in [0.25, 0.3) is 0 Å². The van der Waals surface area contributed by atoms with E-state index in [-0.39, 0.29) is 15.4 Å². The van der Waals surface area contributed by atoms with Crippen molar-refractivity contribution < 1.29 is 17.9 Å². The molecule has 0 aliphatic carbocycles. The van der Waals surface area contributed by atoms with Crippen molar-refractivity contribution in [3.05, 3.63) is 24.3 Å². The van der Waals surface area contributed by atoms with E-state index in [0.717, 1.165) is 11.3 Å². The number of benzene rings is 1. The van der Waals surface area contributed by atoms with E-state index in [4.69, 9.17) is 4.74 Å². The minimum absolute atomic E-state index is 0.124. The molecule has 0 fully saturated rings. The van der Waals surface area contributed by atoms with E-state index in [1.165, 1.54) is 0 Å². The van der Waals surface area contributed by atoms with Crippen molar-refractivity contribution in [1.29, 1.82) is 0 Å². The Morgan fingerprint density at radius 2 is 1.92 bits per heavy atom. The summed E-state index contributed by atoms with van der Waals surface area (Å²) in [5.74, 6) is 0.140. The van der Waals surface area contributed by atoms with Crippen molar-refractivity contribution in [3.63, 3.8) is 0 Å². The summed E-state index contributed by atoms with van der Waals surface area (Å²) in [6, 6.07) is 6.69. The van der Waals surface area contributed by atoms with Gasteiger partial charge >= 0.3 is 0 Å². The van der Waals surface area contributed by atoms with Crippen LogP contribution >= 0.6 is 11.3 Å². The fraction of sp³-hybridized carbons (Fsp3) is 0.400. The van der Waals surface area contributed by atoms with Crippen LogP contribution in [-0.4, -0.2) is 31.1 Å². The van der Waals surface area contributed by atoms with E-state index >= 15 is 0 Å². The van der Waals surface area contributed by atoms with Gasteiger partial charge in [-0.25, -0.2) is 0 Å².